The highest BCUT2D eigenvalue weighted by Crippen LogP contribution is 2.29. The average molecular weight is 339 g/mol. The molecule has 4 rings (SSSR count). The summed E-state index contributed by atoms with van der Waals surface area (Å²) in [4.78, 5) is 2.31. The third-order valence-corrected chi connectivity index (χ3v) is 4.61. The molecule has 0 bridgehead atoms. The van der Waals surface area contributed by atoms with E-state index in [4.69, 9.17) is 13.9 Å². The fourth-order valence-corrected chi connectivity index (χ4v) is 3.20. The summed E-state index contributed by atoms with van der Waals surface area (Å²) in [6, 6.07) is 11.8. The number of likely N-dealkylation sites (tertiary alicyclic amines) is 1. The molecule has 3 heterocycles. The van der Waals surface area contributed by atoms with Crippen molar-refractivity contribution in [1.29, 1.82) is 0 Å². The van der Waals surface area contributed by atoms with Gasteiger partial charge in [0, 0.05) is 12.1 Å². The molecular formula is C19H21N3O3. The zero-order valence-corrected chi connectivity index (χ0v) is 14.2. The van der Waals surface area contributed by atoms with Gasteiger partial charge >= 0.3 is 0 Å². The van der Waals surface area contributed by atoms with Crippen molar-refractivity contribution < 1.29 is 13.9 Å². The minimum atomic E-state index is -0.0631. The number of nitrogens with zero attached hydrogens (tertiary/aromatic N) is 3. The molecule has 1 fully saturated rings. The van der Waals surface area contributed by atoms with Crippen LogP contribution in [-0.2, 0) is 13.2 Å². The molecule has 1 aliphatic heterocycles. The van der Waals surface area contributed by atoms with E-state index in [1.165, 1.54) is 5.56 Å². The van der Waals surface area contributed by atoms with Crippen LogP contribution in [0.3, 0.4) is 0 Å². The summed E-state index contributed by atoms with van der Waals surface area (Å²) in [5.41, 5.74) is 2.16. The fourth-order valence-electron chi connectivity index (χ4n) is 3.20. The van der Waals surface area contributed by atoms with Gasteiger partial charge in [0.05, 0.1) is 12.5 Å². The Balaban J connectivity index is 1.41. The van der Waals surface area contributed by atoms with Crippen LogP contribution in [0.5, 0.6) is 0 Å². The molecule has 1 atom stereocenters. The van der Waals surface area contributed by atoms with Gasteiger partial charge < -0.3 is 13.9 Å². The van der Waals surface area contributed by atoms with E-state index in [0.717, 1.165) is 37.4 Å². The van der Waals surface area contributed by atoms with Crippen molar-refractivity contribution in [3.8, 4) is 11.5 Å². The number of aliphatic hydroxyl groups is 1. The molecule has 1 aliphatic rings. The maximum absolute atomic E-state index is 9.08. The van der Waals surface area contributed by atoms with Crippen molar-refractivity contribution in [3.63, 3.8) is 0 Å². The Morgan fingerprint density at radius 1 is 1.08 bits per heavy atom. The molecule has 25 heavy (non-hydrogen) atoms. The maximum Gasteiger partial charge on any atom is 0.247 e. The van der Waals surface area contributed by atoms with Gasteiger partial charge in [-0.15, -0.1) is 10.2 Å². The van der Waals surface area contributed by atoms with Crippen LogP contribution in [0.1, 0.15) is 35.3 Å². The molecule has 1 N–H and O–H groups in total. The average Bonchev–Trinajstić information content (AvgIpc) is 3.36. The van der Waals surface area contributed by atoms with E-state index < -0.39 is 0 Å². The predicted molar refractivity (Wildman–Crippen MR) is 91.7 cm³/mol. The van der Waals surface area contributed by atoms with Gasteiger partial charge in [-0.05, 0) is 44.2 Å². The number of hydrogen-bond acceptors (Lipinski definition) is 6. The highest BCUT2D eigenvalue weighted by molar-refractivity contribution is 5.52. The molecule has 3 aromatic rings. The summed E-state index contributed by atoms with van der Waals surface area (Å²) in [7, 11) is 0. The Kier molecular flexibility index (Phi) is 4.38. The minimum absolute atomic E-state index is 0.0631. The normalized spacial score (nSPS) is 18.1. The first-order valence-corrected chi connectivity index (χ1v) is 8.52. The third-order valence-electron chi connectivity index (χ3n) is 4.61. The second-order valence-electron chi connectivity index (χ2n) is 6.56. The van der Waals surface area contributed by atoms with Gasteiger partial charge in [-0.3, -0.25) is 4.90 Å². The molecule has 1 saturated heterocycles. The van der Waals surface area contributed by atoms with Gasteiger partial charge in [-0.25, -0.2) is 0 Å². The molecule has 0 spiro atoms. The summed E-state index contributed by atoms with van der Waals surface area (Å²) in [5.74, 6) is 3.00. The number of benzene rings is 1. The Hall–Kier alpha value is -2.44. The van der Waals surface area contributed by atoms with Crippen LogP contribution in [-0.4, -0.2) is 33.3 Å². The number of hydrogen-bond donors (Lipinski definition) is 1. The summed E-state index contributed by atoms with van der Waals surface area (Å²) < 4.78 is 11.5. The fraction of sp³-hybridized carbons (Fsp3) is 0.368. The summed E-state index contributed by atoms with van der Waals surface area (Å²) >= 11 is 0. The van der Waals surface area contributed by atoms with E-state index in [-0.39, 0.29) is 12.5 Å². The smallest absolute Gasteiger partial charge is 0.247 e. The Morgan fingerprint density at radius 2 is 1.88 bits per heavy atom. The second-order valence-corrected chi connectivity index (χ2v) is 6.56. The van der Waals surface area contributed by atoms with Gasteiger partial charge in [-0.1, -0.05) is 17.7 Å². The number of rotatable bonds is 5. The van der Waals surface area contributed by atoms with Gasteiger partial charge in [0.25, 0.3) is 0 Å². The Bertz CT molecular complexity index is 838. The van der Waals surface area contributed by atoms with Crippen molar-refractivity contribution in [2.45, 2.75) is 32.4 Å². The minimum Gasteiger partial charge on any atom is -0.462 e. The lowest BCUT2D eigenvalue weighted by atomic mass is 10.1. The molecule has 0 saturated carbocycles. The van der Waals surface area contributed by atoms with Crippen molar-refractivity contribution in [1.82, 2.24) is 15.1 Å². The molecule has 0 aliphatic carbocycles. The number of aromatic nitrogens is 2. The summed E-state index contributed by atoms with van der Waals surface area (Å²) in [5, 5.41) is 17.5. The second kappa shape index (κ2) is 6.82. The maximum atomic E-state index is 9.08. The van der Waals surface area contributed by atoms with Crippen LogP contribution in [0.4, 0.5) is 0 Å². The topological polar surface area (TPSA) is 75.5 Å². The molecule has 1 aromatic carbocycles. The van der Waals surface area contributed by atoms with E-state index in [2.05, 4.69) is 22.0 Å². The van der Waals surface area contributed by atoms with Crippen LogP contribution >= 0.6 is 0 Å². The highest BCUT2D eigenvalue weighted by Gasteiger charge is 2.28. The van der Waals surface area contributed by atoms with E-state index >= 15 is 0 Å². The van der Waals surface area contributed by atoms with Crippen LogP contribution in [0.25, 0.3) is 11.5 Å². The molecule has 0 radical (unpaired) electrons. The number of aliphatic hydroxyl groups excluding tert-OH is 1. The SMILES string of the molecule is Cc1ccc(-c2nnc([C@H]3CCN(Cc4ccc(CO)o4)C3)o2)cc1. The predicted octanol–water partition coefficient (Wildman–Crippen LogP) is 3.12. The third kappa shape index (κ3) is 3.50. The van der Waals surface area contributed by atoms with Crippen molar-refractivity contribution in [3.05, 3.63) is 59.4 Å². The van der Waals surface area contributed by atoms with Crippen molar-refractivity contribution in [2.75, 3.05) is 13.1 Å². The molecule has 0 amide bonds. The molecule has 6 heteroatoms. The van der Waals surface area contributed by atoms with Crippen LogP contribution in [0.15, 0.2) is 45.2 Å². The quantitative estimate of drug-likeness (QED) is 0.770. The molecular weight excluding hydrogens is 318 g/mol. The molecule has 130 valence electrons. The van der Waals surface area contributed by atoms with E-state index in [1.54, 1.807) is 0 Å². The first kappa shape index (κ1) is 16.1. The van der Waals surface area contributed by atoms with Crippen LogP contribution in [0, 0.1) is 6.92 Å². The standard InChI is InChI=1S/C19H21N3O3/c1-13-2-4-14(5-3-13)18-20-21-19(25-18)15-8-9-22(10-15)11-16-6-7-17(12-23)24-16/h2-7,15,23H,8-12H2,1H3/t15-/m0/s1. The van der Waals surface area contributed by atoms with E-state index in [0.29, 0.717) is 17.5 Å². The lowest BCUT2D eigenvalue weighted by Crippen LogP contribution is -2.19. The Labute approximate surface area is 146 Å². The van der Waals surface area contributed by atoms with Crippen LogP contribution in [0.2, 0.25) is 0 Å². The van der Waals surface area contributed by atoms with Gasteiger partial charge in [0.1, 0.15) is 18.1 Å². The van der Waals surface area contributed by atoms with Gasteiger partial charge in [0.2, 0.25) is 11.8 Å². The number of furan rings is 1. The van der Waals surface area contributed by atoms with Gasteiger partial charge in [-0.2, -0.15) is 0 Å². The molecule has 2 aromatic heterocycles. The van der Waals surface area contributed by atoms with Crippen LogP contribution < -0.4 is 0 Å². The largest absolute Gasteiger partial charge is 0.462 e. The zero-order chi connectivity index (χ0) is 17.2. The summed E-state index contributed by atoms with van der Waals surface area (Å²) in [6.07, 6.45) is 0.989. The molecule has 0 unspecified atom stereocenters. The highest BCUT2D eigenvalue weighted by atomic mass is 16.4. The Morgan fingerprint density at radius 3 is 2.64 bits per heavy atom. The monoisotopic (exact) mass is 339 g/mol. The first-order chi connectivity index (χ1) is 12.2. The lowest BCUT2D eigenvalue weighted by Gasteiger charge is -2.13. The zero-order valence-electron chi connectivity index (χ0n) is 14.2. The first-order valence-electron chi connectivity index (χ1n) is 8.52. The van der Waals surface area contributed by atoms with Gasteiger partial charge in [0.15, 0.2) is 0 Å². The van der Waals surface area contributed by atoms with E-state index in [9.17, 15) is 0 Å². The van der Waals surface area contributed by atoms with Crippen molar-refractivity contribution in [2.24, 2.45) is 0 Å². The van der Waals surface area contributed by atoms with E-state index in [1.807, 2.05) is 36.4 Å². The van der Waals surface area contributed by atoms with Crippen molar-refractivity contribution >= 4 is 0 Å². The molecule has 6 nitrogen and oxygen atoms in total. The number of aryl methyl sites for hydroxylation is 1. The lowest BCUT2D eigenvalue weighted by molar-refractivity contribution is 0.231. The summed E-state index contributed by atoms with van der Waals surface area (Å²) in [6.45, 7) is 4.55.